The van der Waals surface area contributed by atoms with Crippen LogP contribution in [0.5, 0.6) is 0 Å². The molecule has 2 fully saturated rings. The maximum Gasteiger partial charge on any atom is 0.446 e. The average molecular weight is 600 g/mol. The van der Waals surface area contributed by atoms with Crippen molar-refractivity contribution in [3.8, 4) is 0 Å². The normalized spacial score (nSPS) is 15.8. The Bertz CT molecular complexity index is 1360. The highest BCUT2D eigenvalue weighted by Crippen LogP contribution is 2.37. The number of piperidine rings is 2. The predicted octanol–water partition coefficient (Wildman–Crippen LogP) is 6.42. The molecule has 42 heavy (non-hydrogen) atoms. The van der Waals surface area contributed by atoms with Gasteiger partial charge in [-0.25, -0.2) is 0 Å². The molecule has 3 aromatic rings. The minimum atomic E-state index is -4.44. The average Bonchev–Trinajstić information content (AvgIpc) is 2.97. The lowest BCUT2D eigenvalue weighted by Crippen LogP contribution is -2.34. The summed E-state index contributed by atoms with van der Waals surface area (Å²) in [7, 11) is 0. The maximum atomic E-state index is 12.7. The van der Waals surface area contributed by atoms with Gasteiger partial charge in [0.15, 0.2) is 5.78 Å². The van der Waals surface area contributed by atoms with Crippen molar-refractivity contribution < 1.29 is 22.8 Å². The van der Waals surface area contributed by atoms with Gasteiger partial charge >= 0.3 is 5.51 Å². The number of carbonyl (C=O) groups is 2. The SMILES string of the molecule is O=C(CC(=O)c1ccc(Nc2nc(N3CCCCC3)nc(N3CCCCC3)n2)cc1)Nc1cccc(SC(F)(F)F)c1. The zero-order valence-corrected chi connectivity index (χ0v) is 23.8. The van der Waals surface area contributed by atoms with Gasteiger partial charge in [-0.05, 0) is 92.8 Å². The van der Waals surface area contributed by atoms with Crippen LogP contribution < -0.4 is 20.4 Å². The van der Waals surface area contributed by atoms with Crippen LogP contribution in [-0.2, 0) is 4.79 Å². The topological polar surface area (TPSA) is 103 Å². The first-order chi connectivity index (χ1) is 20.2. The van der Waals surface area contributed by atoms with Crippen molar-refractivity contribution in [2.75, 3.05) is 46.6 Å². The number of carbonyl (C=O) groups excluding carboxylic acids is 2. The van der Waals surface area contributed by atoms with E-state index in [-0.39, 0.29) is 22.3 Å². The molecule has 2 aromatic carbocycles. The van der Waals surface area contributed by atoms with Gasteiger partial charge in [-0.15, -0.1) is 0 Å². The van der Waals surface area contributed by atoms with Gasteiger partial charge in [0.1, 0.15) is 0 Å². The number of rotatable bonds is 9. The minimum absolute atomic E-state index is 0.0565. The van der Waals surface area contributed by atoms with Crippen molar-refractivity contribution in [3.63, 3.8) is 0 Å². The quantitative estimate of drug-likeness (QED) is 0.164. The van der Waals surface area contributed by atoms with Crippen LogP contribution in [0.3, 0.4) is 0 Å². The fraction of sp³-hybridized carbons (Fsp3) is 0.414. The van der Waals surface area contributed by atoms with Gasteiger partial charge in [0, 0.05) is 48.0 Å². The van der Waals surface area contributed by atoms with E-state index in [1.165, 1.54) is 37.1 Å². The Morgan fingerprint density at radius 1 is 0.786 bits per heavy atom. The van der Waals surface area contributed by atoms with E-state index in [9.17, 15) is 22.8 Å². The van der Waals surface area contributed by atoms with E-state index in [1.54, 1.807) is 24.3 Å². The number of hydrogen-bond acceptors (Lipinski definition) is 9. The molecule has 1 amide bonds. The second kappa shape index (κ2) is 13.4. The van der Waals surface area contributed by atoms with Gasteiger partial charge in [-0.3, -0.25) is 9.59 Å². The van der Waals surface area contributed by atoms with E-state index in [2.05, 4.69) is 20.4 Å². The van der Waals surface area contributed by atoms with Crippen LogP contribution in [0.2, 0.25) is 0 Å². The van der Waals surface area contributed by atoms with Crippen molar-refractivity contribution in [3.05, 3.63) is 54.1 Å². The monoisotopic (exact) mass is 599 g/mol. The third kappa shape index (κ3) is 8.34. The molecule has 13 heteroatoms. The number of amides is 1. The molecule has 2 aliphatic heterocycles. The van der Waals surface area contributed by atoms with Gasteiger partial charge in [0.05, 0.1) is 6.42 Å². The summed E-state index contributed by atoms with van der Waals surface area (Å²) in [6.07, 6.45) is 6.36. The molecule has 0 spiro atoms. The number of benzene rings is 2. The third-order valence-electron chi connectivity index (χ3n) is 7.03. The van der Waals surface area contributed by atoms with Crippen molar-refractivity contribution in [1.29, 1.82) is 0 Å². The molecule has 0 bridgehead atoms. The van der Waals surface area contributed by atoms with Crippen LogP contribution in [0.1, 0.15) is 55.3 Å². The van der Waals surface area contributed by atoms with E-state index >= 15 is 0 Å². The number of alkyl halides is 3. The largest absolute Gasteiger partial charge is 0.446 e. The first-order valence-electron chi connectivity index (χ1n) is 14.0. The summed E-state index contributed by atoms with van der Waals surface area (Å²) in [5, 5.41) is 5.73. The van der Waals surface area contributed by atoms with Crippen molar-refractivity contribution in [2.24, 2.45) is 0 Å². The Morgan fingerprint density at radius 3 is 1.95 bits per heavy atom. The predicted molar refractivity (Wildman–Crippen MR) is 158 cm³/mol. The molecule has 222 valence electrons. The molecule has 2 N–H and O–H groups in total. The fourth-order valence-corrected chi connectivity index (χ4v) is 5.57. The van der Waals surface area contributed by atoms with Crippen LogP contribution in [0.25, 0.3) is 0 Å². The molecule has 1 aromatic heterocycles. The summed E-state index contributed by atoms with van der Waals surface area (Å²) in [4.78, 5) is 43.7. The number of hydrogen-bond donors (Lipinski definition) is 2. The molecule has 5 rings (SSSR count). The number of aromatic nitrogens is 3. The van der Waals surface area contributed by atoms with Crippen molar-refractivity contribution >= 4 is 52.7 Å². The van der Waals surface area contributed by atoms with E-state index in [4.69, 9.17) is 15.0 Å². The van der Waals surface area contributed by atoms with Crippen molar-refractivity contribution in [1.82, 2.24) is 15.0 Å². The van der Waals surface area contributed by atoms with E-state index < -0.39 is 23.6 Å². The molecule has 0 radical (unpaired) electrons. The van der Waals surface area contributed by atoms with Gasteiger partial charge in [-0.1, -0.05) is 6.07 Å². The lowest BCUT2D eigenvalue weighted by Gasteiger charge is -2.30. The number of halogens is 3. The van der Waals surface area contributed by atoms with E-state index in [0.29, 0.717) is 29.1 Å². The lowest BCUT2D eigenvalue weighted by atomic mass is 10.1. The highest BCUT2D eigenvalue weighted by molar-refractivity contribution is 8.00. The third-order valence-corrected chi connectivity index (χ3v) is 7.75. The van der Waals surface area contributed by atoms with Gasteiger partial charge in [0.2, 0.25) is 23.8 Å². The number of Topliss-reactive ketones (excluding diaryl/α,β-unsaturated/α-hetero) is 1. The molecule has 0 atom stereocenters. The smallest absolute Gasteiger partial charge is 0.341 e. The minimum Gasteiger partial charge on any atom is -0.341 e. The lowest BCUT2D eigenvalue weighted by molar-refractivity contribution is -0.115. The van der Waals surface area contributed by atoms with E-state index in [1.807, 2.05) is 0 Å². The summed E-state index contributed by atoms with van der Waals surface area (Å²) in [6, 6.07) is 12.0. The first kappa shape index (κ1) is 29.6. The standard InChI is InChI=1S/C29H32F3N7O2S/c30-29(31,32)42-23-9-7-8-22(18-23)33-25(41)19-24(40)20-10-12-21(13-11-20)34-26-35-27(38-14-3-1-4-15-38)37-28(36-26)39-16-5-2-6-17-39/h7-13,18H,1-6,14-17,19H2,(H,33,41)(H,34,35,36,37). The zero-order chi connectivity index (χ0) is 29.5. The molecule has 0 unspecified atom stereocenters. The molecule has 0 saturated carbocycles. The Kier molecular flexibility index (Phi) is 9.45. The molecule has 0 aliphatic carbocycles. The van der Waals surface area contributed by atoms with Gasteiger partial charge < -0.3 is 20.4 Å². The molecule has 9 nitrogen and oxygen atoms in total. The number of thioether (sulfide) groups is 1. The van der Waals surface area contributed by atoms with Gasteiger partial charge in [-0.2, -0.15) is 28.1 Å². The van der Waals surface area contributed by atoms with Crippen molar-refractivity contribution in [2.45, 2.75) is 55.3 Å². The fourth-order valence-electron chi connectivity index (χ4n) is 4.97. The molecule has 2 aliphatic rings. The first-order valence-corrected chi connectivity index (χ1v) is 14.9. The second-order valence-corrected chi connectivity index (χ2v) is 11.4. The Labute approximate surface area is 246 Å². The van der Waals surface area contributed by atoms with Gasteiger partial charge in [0.25, 0.3) is 0 Å². The Morgan fingerprint density at radius 2 is 1.38 bits per heavy atom. The van der Waals surface area contributed by atoms with E-state index in [0.717, 1.165) is 51.9 Å². The number of nitrogens with zero attached hydrogens (tertiary/aromatic N) is 5. The summed E-state index contributed by atoms with van der Waals surface area (Å²) in [6.45, 7) is 3.63. The summed E-state index contributed by atoms with van der Waals surface area (Å²) in [5.41, 5.74) is -3.24. The van der Waals surface area contributed by atoms with Crippen LogP contribution in [0.15, 0.2) is 53.4 Å². The summed E-state index contributed by atoms with van der Waals surface area (Å²) in [5.74, 6) is 0.716. The molecule has 2 saturated heterocycles. The zero-order valence-electron chi connectivity index (χ0n) is 23.0. The van der Waals surface area contributed by atoms with Crippen LogP contribution in [0, 0.1) is 0 Å². The number of nitrogens with one attached hydrogen (secondary N) is 2. The summed E-state index contributed by atoms with van der Waals surface area (Å²) >= 11 is -0.271. The van der Waals surface area contributed by atoms with Crippen LogP contribution in [0.4, 0.5) is 42.4 Å². The highest BCUT2D eigenvalue weighted by atomic mass is 32.2. The molecular formula is C29H32F3N7O2S. The number of anilines is 5. The second-order valence-electron chi connectivity index (χ2n) is 10.3. The number of ketones is 1. The highest BCUT2D eigenvalue weighted by Gasteiger charge is 2.29. The maximum absolute atomic E-state index is 12.7. The summed E-state index contributed by atoms with van der Waals surface area (Å²) < 4.78 is 37.9. The molecule has 3 heterocycles. The molecular weight excluding hydrogens is 567 g/mol. The Hall–Kier alpha value is -3.87. The van der Waals surface area contributed by atoms with Crippen LogP contribution >= 0.6 is 11.8 Å². The Balaban J connectivity index is 1.23. The van der Waals surface area contributed by atoms with Crippen LogP contribution in [-0.4, -0.2) is 58.3 Å².